The minimum absolute atomic E-state index is 0.140. The molecule has 1 heterocycles. The number of nitrogens with zero attached hydrogens (tertiary/aromatic N) is 2. The first-order valence-corrected chi connectivity index (χ1v) is 9.47. The zero-order valence-electron chi connectivity index (χ0n) is 14.5. The molecule has 3 aromatic rings. The average Bonchev–Trinajstić information content (AvgIpc) is 3.10. The van der Waals surface area contributed by atoms with E-state index in [4.69, 9.17) is 11.6 Å². The number of thioether (sulfide) groups is 1. The number of aromatic nitrogens is 2. The van der Waals surface area contributed by atoms with E-state index < -0.39 is 0 Å². The Balaban J connectivity index is 1.59. The Bertz CT molecular complexity index is 956. The van der Waals surface area contributed by atoms with Crippen molar-refractivity contribution in [2.75, 3.05) is 16.4 Å². The van der Waals surface area contributed by atoms with Gasteiger partial charge in [0.05, 0.1) is 5.75 Å². The van der Waals surface area contributed by atoms with Gasteiger partial charge >= 0.3 is 0 Å². The maximum absolute atomic E-state index is 12.2. The highest BCUT2D eigenvalue weighted by Gasteiger charge is 2.10. The maximum Gasteiger partial charge on any atom is 0.234 e. The summed E-state index contributed by atoms with van der Waals surface area (Å²) in [4.78, 5) is 27.5. The molecule has 0 atom stereocenters. The van der Waals surface area contributed by atoms with Crippen molar-refractivity contribution in [2.24, 2.45) is 0 Å². The van der Waals surface area contributed by atoms with Crippen molar-refractivity contribution in [1.29, 1.82) is 0 Å². The summed E-state index contributed by atoms with van der Waals surface area (Å²) in [7, 11) is 0. The van der Waals surface area contributed by atoms with Gasteiger partial charge in [0.15, 0.2) is 5.16 Å². The van der Waals surface area contributed by atoms with E-state index in [9.17, 15) is 9.59 Å². The molecule has 0 bridgehead atoms. The molecule has 0 fully saturated rings. The summed E-state index contributed by atoms with van der Waals surface area (Å²) < 4.78 is 1.88. The number of benzene rings is 2. The fourth-order valence-corrected chi connectivity index (χ4v) is 3.34. The van der Waals surface area contributed by atoms with E-state index in [1.54, 1.807) is 36.5 Å². The van der Waals surface area contributed by atoms with Crippen molar-refractivity contribution in [3.05, 3.63) is 65.9 Å². The number of rotatable bonds is 6. The Kier molecular flexibility index (Phi) is 6.16. The largest absolute Gasteiger partial charge is 0.326 e. The van der Waals surface area contributed by atoms with Crippen LogP contribution in [0.15, 0.2) is 66.1 Å². The molecule has 0 saturated carbocycles. The molecule has 0 aliphatic rings. The molecule has 0 radical (unpaired) electrons. The summed E-state index contributed by atoms with van der Waals surface area (Å²) in [5.41, 5.74) is 2.22. The van der Waals surface area contributed by atoms with Gasteiger partial charge in [-0.2, -0.15) is 0 Å². The van der Waals surface area contributed by atoms with Crippen LogP contribution in [-0.4, -0.2) is 27.1 Å². The molecule has 0 unspecified atom stereocenters. The zero-order chi connectivity index (χ0) is 19.2. The minimum atomic E-state index is -0.145. The number of halogens is 1. The van der Waals surface area contributed by atoms with Gasteiger partial charge in [-0.1, -0.05) is 29.4 Å². The molecule has 3 rings (SSSR count). The fourth-order valence-electron chi connectivity index (χ4n) is 2.39. The number of nitrogens with one attached hydrogen (secondary N) is 2. The molecular weight excluding hydrogens is 384 g/mol. The lowest BCUT2D eigenvalue weighted by Crippen LogP contribution is -2.14. The van der Waals surface area contributed by atoms with E-state index in [2.05, 4.69) is 15.6 Å². The number of anilines is 2. The van der Waals surface area contributed by atoms with E-state index in [1.165, 1.54) is 18.7 Å². The standard InChI is InChI=1S/C19H17ClN4O2S/c1-13(25)22-15-5-7-16(8-6-15)23-18(26)12-27-19-21-9-10-24(19)17-4-2-3-14(20)11-17/h2-11H,12H2,1H3,(H,22,25)(H,23,26). The predicted molar refractivity (Wildman–Crippen MR) is 109 cm³/mol. The van der Waals surface area contributed by atoms with E-state index in [0.717, 1.165) is 5.69 Å². The van der Waals surface area contributed by atoms with Gasteiger partial charge in [-0.05, 0) is 42.5 Å². The predicted octanol–water partition coefficient (Wildman–Crippen LogP) is 4.21. The Morgan fingerprint density at radius 2 is 1.81 bits per heavy atom. The molecule has 6 nitrogen and oxygen atoms in total. The molecule has 2 amide bonds. The Hall–Kier alpha value is -2.77. The molecule has 138 valence electrons. The molecule has 27 heavy (non-hydrogen) atoms. The molecular formula is C19H17ClN4O2S. The number of imidazole rings is 1. The van der Waals surface area contributed by atoms with Gasteiger partial charge in [-0.25, -0.2) is 4.98 Å². The van der Waals surface area contributed by atoms with Gasteiger partial charge in [0.25, 0.3) is 0 Å². The molecule has 0 saturated heterocycles. The van der Waals surface area contributed by atoms with Crippen molar-refractivity contribution >= 4 is 46.6 Å². The first-order valence-electron chi connectivity index (χ1n) is 8.11. The van der Waals surface area contributed by atoms with Gasteiger partial charge in [0, 0.05) is 41.4 Å². The fraction of sp³-hybridized carbons (Fsp3) is 0.105. The van der Waals surface area contributed by atoms with Crippen LogP contribution in [0, 0.1) is 0 Å². The van der Waals surface area contributed by atoms with Crippen LogP contribution in [0.5, 0.6) is 0 Å². The van der Waals surface area contributed by atoms with Crippen LogP contribution in [0.4, 0.5) is 11.4 Å². The SMILES string of the molecule is CC(=O)Nc1ccc(NC(=O)CSc2nccn2-c2cccc(Cl)c2)cc1. The van der Waals surface area contributed by atoms with Crippen LogP contribution >= 0.6 is 23.4 Å². The third kappa shape index (κ3) is 5.35. The van der Waals surface area contributed by atoms with E-state index in [-0.39, 0.29) is 17.6 Å². The van der Waals surface area contributed by atoms with Crippen LogP contribution in [0.25, 0.3) is 5.69 Å². The second-order valence-electron chi connectivity index (χ2n) is 5.66. The normalized spacial score (nSPS) is 10.4. The first kappa shape index (κ1) is 19.0. The number of carbonyl (C=O) groups is 2. The van der Waals surface area contributed by atoms with Gasteiger partial charge in [0.1, 0.15) is 0 Å². The molecule has 8 heteroatoms. The van der Waals surface area contributed by atoms with Crippen molar-refractivity contribution in [1.82, 2.24) is 9.55 Å². The minimum Gasteiger partial charge on any atom is -0.326 e. The monoisotopic (exact) mass is 400 g/mol. The quantitative estimate of drug-likeness (QED) is 0.607. The zero-order valence-corrected chi connectivity index (χ0v) is 16.1. The third-order valence-corrected chi connectivity index (χ3v) is 4.72. The second-order valence-corrected chi connectivity index (χ2v) is 7.03. The number of hydrogen-bond acceptors (Lipinski definition) is 4. The topological polar surface area (TPSA) is 76.0 Å². The highest BCUT2D eigenvalue weighted by molar-refractivity contribution is 7.99. The van der Waals surface area contributed by atoms with E-state index >= 15 is 0 Å². The van der Waals surface area contributed by atoms with Crippen molar-refractivity contribution in [3.8, 4) is 5.69 Å². The Morgan fingerprint density at radius 1 is 1.11 bits per heavy atom. The van der Waals surface area contributed by atoms with Crippen molar-refractivity contribution in [3.63, 3.8) is 0 Å². The third-order valence-electron chi connectivity index (χ3n) is 3.51. The lowest BCUT2D eigenvalue weighted by Gasteiger charge is -2.09. The number of hydrogen-bond donors (Lipinski definition) is 2. The van der Waals surface area contributed by atoms with Crippen molar-refractivity contribution < 1.29 is 9.59 Å². The van der Waals surface area contributed by atoms with Crippen LogP contribution in [-0.2, 0) is 9.59 Å². The molecule has 0 spiro atoms. The highest BCUT2D eigenvalue weighted by atomic mass is 35.5. The van der Waals surface area contributed by atoms with Crippen molar-refractivity contribution in [2.45, 2.75) is 12.1 Å². The summed E-state index contributed by atoms with van der Waals surface area (Å²) in [5, 5.41) is 6.84. The van der Waals surface area contributed by atoms with Gasteiger partial charge in [0.2, 0.25) is 11.8 Å². The summed E-state index contributed by atoms with van der Waals surface area (Å²) in [5.74, 6) is -0.0725. The maximum atomic E-state index is 12.2. The highest BCUT2D eigenvalue weighted by Crippen LogP contribution is 2.23. The van der Waals surface area contributed by atoms with Gasteiger partial charge < -0.3 is 10.6 Å². The average molecular weight is 401 g/mol. The number of carbonyl (C=O) groups excluding carboxylic acids is 2. The molecule has 0 aliphatic carbocycles. The lowest BCUT2D eigenvalue weighted by atomic mass is 10.3. The lowest BCUT2D eigenvalue weighted by molar-refractivity contribution is -0.114. The summed E-state index contributed by atoms with van der Waals surface area (Å²) >= 11 is 7.38. The van der Waals surface area contributed by atoms with Gasteiger partial charge in [-0.15, -0.1) is 0 Å². The smallest absolute Gasteiger partial charge is 0.234 e. The Morgan fingerprint density at radius 3 is 2.48 bits per heavy atom. The summed E-state index contributed by atoms with van der Waals surface area (Å²) in [6.07, 6.45) is 3.51. The summed E-state index contributed by atoms with van der Waals surface area (Å²) in [6, 6.07) is 14.4. The Labute approximate surface area is 165 Å². The first-order chi connectivity index (χ1) is 13.0. The second kappa shape index (κ2) is 8.75. The van der Waals surface area contributed by atoms with Gasteiger partial charge in [-0.3, -0.25) is 14.2 Å². The van der Waals surface area contributed by atoms with Crippen LogP contribution in [0.1, 0.15) is 6.92 Å². The van der Waals surface area contributed by atoms with Crippen LogP contribution in [0.3, 0.4) is 0 Å². The molecule has 2 aromatic carbocycles. The van der Waals surface area contributed by atoms with Crippen LogP contribution in [0.2, 0.25) is 5.02 Å². The van der Waals surface area contributed by atoms with E-state index in [0.29, 0.717) is 21.6 Å². The number of amides is 2. The summed E-state index contributed by atoms with van der Waals surface area (Å²) in [6.45, 7) is 1.44. The molecule has 0 aliphatic heterocycles. The molecule has 2 N–H and O–H groups in total. The van der Waals surface area contributed by atoms with E-state index in [1.807, 2.05) is 29.0 Å². The van der Waals surface area contributed by atoms with Crippen LogP contribution < -0.4 is 10.6 Å². The molecule has 1 aromatic heterocycles.